The monoisotopic (exact) mass is 274 g/mol. The first-order valence-electron chi connectivity index (χ1n) is 6.10. The van der Waals surface area contributed by atoms with Crippen molar-refractivity contribution in [3.63, 3.8) is 0 Å². The van der Waals surface area contributed by atoms with Crippen LogP contribution in [0.2, 0.25) is 0 Å². The number of aliphatic hydroxyl groups is 1. The van der Waals surface area contributed by atoms with E-state index in [1.165, 1.54) is 0 Å². The highest BCUT2D eigenvalue weighted by atomic mass is 16.4. The summed E-state index contributed by atoms with van der Waals surface area (Å²) in [5, 5.41) is 31.5. The number of carbonyl (C=O) groups is 3. The molecule has 5 N–H and O–H groups in total. The summed E-state index contributed by atoms with van der Waals surface area (Å²) in [4.78, 5) is 32.8. The number of rotatable bonds is 5. The number of nitrogens with one attached hydrogen (secondary N) is 2. The predicted molar refractivity (Wildman–Crippen MR) is 63.6 cm³/mol. The maximum absolute atomic E-state index is 11.6. The number of amides is 2. The fraction of sp³-hybridized carbons (Fsp3) is 0.727. The smallest absolute Gasteiger partial charge is 0.326 e. The second-order valence-corrected chi connectivity index (χ2v) is 4.56. The molecule has 0 radical (unpaired) electrons. The third-order valence-electron chi connectivity index (χ3n) is 3.03. The van der Waals surface area contributed by atoms with Crippen LogP contribution in [0.4, 0.5) is 4.79 Å². The number of carboxylic acids is 2. The molecule has 2 amide bonds. The topological polar surface area (TPSA) is 136 Å². The highest BCUT2D eigenvalue weighted by Gasteiger charge is 2.27. The van der Waals surface area contributed by atoms with Gasteiger partial charge in [-0.1, -0.05) is 12.8 Å². The van der Waals surface area contributed by atoms with Crippen LogP contribution in [0.15, 0.2) is 0 Å². The summed E-state index contributed by atoms with van der Waals surface area (Å²) in [6.07, 6.45) is 1.61. The summed E-state index contributed by atoms with van der Waals surface area (Å²) in [6, 6.07) is -2.69. The van der Waals surface area contributed by atoms with E-state index in [4.69, 9.17) is 10.2 Å². The number of aliphatic hydroxyl groups excluding tert-OH is 1. The Hall–Kier alpha value is -1.83. The van der Waals surface area contributed by atoms with Gasteiger partial charge < -0.3 is 26.0 Å². The van der Waals surface area contributed by atoms with Crippen LogP contribution >= 0.6 is 0 Å². The van der Waals surface area contributed by atoms with Crippen LogP contribution in [0.1, 0.15) is 32.1 Å². The van der Waals surface area contributed by atoms with Crippen molar-refractivity contribution in [2.75, 3.05) is 0 Å². The Morgan fingerprint density at radius 1 is 1.16 bits per heavy atom. The normalized spacial score (nSPS) is 24.3. The van der Waals surface area contributed by atoms with Crippen molar-refractivity contribution < 1.29 is 29.7 Å². The second-order valence-electron chi connectivity index (χ2n) is 4.56. The first-order valence-corrected chi connectivity index (χ1v) is 6.10. The number of carbonyl (C=O) groups excluding carboxylic acids is 1. The van der Waals surface area contributed by atoms with Gasteiger partial charge in [-0.25, -0.2) is 9.59 Å². The lowest BCUT2D eigenvalue weighted by Crippen LogP contribution is -2.53. The highest BCUT2D eigenvalue weighted by Crippen LogP contribution is 2.18. The molecule has 8 nitrogen and oxygen atoms in total. The molecule has 0 aromatic heterocycles. The van der Waals surface area contributed by atoms with Crippen molar-refractivity contribution in [3.05, 3.63) is 0 Å². The number of hydrogen-bond acceptors (Lipinski definition) is 4. The van der Waals surface area contributed by atoms with Gasteiger partial charge in [0.25, 0.3) is 0 Å². The molecule has 0 heterocycles. The molecule has 3 atom stereocenters. The molecule has 0 aromatic carbocycles. The number of urea groups is 1. The van der Waals surface area contributed by atoms with Gasteiger partial charge in [0.15, 0.2) is 0 Å². The van der Waals surface area contributed by atoms with E-state index in [0.717, 1.165) is 12.8 Å². The lowest BCUT2D eigenvalue weighted by atomic mass is 9.93. The Labute approximate surface area is 109 Å². The Morgan fingerprint density at radius 3 is 2.32 bits per heavy atom. The molecule has 1 aliphatic rings. The van der Waals surface area contributed by atoms with E-state index in [2.05, 4.69) is 10.6 Å². The van der Waals surface area contributed by atoms with Crippen molar-refractivity contribution in [3.8, 4) is 0 Å². The van der Waals surface area contributed by atoms with Gasteiger partial charge in [-0.15, -0.1) is 0 Å². The van der Waals surface area contributed by atoms with Gasteiger partial charge in [0, 0.05) is 0 Å². The maximum atomic E-state index is 11.6. The van der Waals surface area contributed by atoms with E-state index in [1.807, 2.05) is 0 Å². The summed E-state index contributed by atoms with van der Waals surface area (Å²) in [7, 11) is 0. The van der Waals surface area contributed by atoms with E-state index < -0.39 is 42.6 Å². The van der Waals surface area contributed by atoms with Gasteiger partial charge in [0.2, 0.25) is 0 Å². The zero-order chi connectivity index (χ0) is 14.4. The molecule has 3 unspecified atom stereocenters. The van der Waals surface area contributed by atoms with E-state index in [1.54, 1.807) is 0 Å². The van der Waals surface area contributed by atoms with Gasteiger partial charge in [-0.2, -0.15) is 0 Å². The number of hydrogen-bond donors (Lipinski definition) is 5. The molecule has 0 bridgehead atoms. The molecule has 1 rings (SSSR count). The number of carboxylic acid groups (broad SMARTS) is 2. The highest BCUT2D eigenvalue weighted by molar-refractivity contribution is 5.86. The standard InChI is InChI=1S/C11H18N2O6/c14-8-4-2-1-3-6(8)12-11(19)13-7(10(17)18)5-9(15)16/h6-8,14H,1-5H2,(H,15,16)(H,17,18)(H2,12,13,19). The van der Waals surface area contributed by atoms with Crippen LogP contribution in [-0.4, -0.2) is 51.5 Å². The minimum atomic E-state index is -1.49. The zero-order valence-electron chi connectivity index (χ0n) is 10.3. The summed E-state index contributed by atoms with van der Waals surface area (Å²) >= 11 is 0. The molecule has 0 aromatic rings. The lowest BCUT2D eigenvalue weighted by Gasteiger charge is -2.28. The molecule has 0 spiro atoms. The van der Waals surface area contributed by atoms with Gasteiger partial charge in [-0.05, 0) is 12.8 Å². The molecule has 8 heteroatoms. The summed E-state index contributed by atoms with van der Waals surface area (Å²) in [6.45, 7) is 0. The first-order chi connectivity index (χ1) is 8.90. The fourth-order valence-electron chi connectivity index (χ4n) is 2.02. The molecule has 19 heavy (non-hydrogen) atoms. The van der Waals surface area contributed by atoms with Crippen LogP contribution in [0.3, 0.4) is 0 Å². The second kappa shape index (κ2) is 6.93. The maximum Gasteiger partial charge on any atom is 0.326 e. The molecule has 1 aliphatic carbocycles. The van der Waals surface area contributed by atoms with Crippen LogP contribution < -0.4 is 10.6 Å². The van der Waals surface area contributed by atoms with Crippen molar-refractivity contribution in [1.29, 1.82) is 0 Å². The van der Waals surface area contributed by atoms with Crippen LogP contribution in [0.25, 0.3) is 0 Å². The van der Waals surface area contributed by atoms with Crippen molar-refractivity contribution in [1.82, 2.24) is 10.6 Å². The van der Waals surface area contributed by atoms with Crippen molar-refractivity contribution >= 4 is 18.0 Å². The van der Waals surface area contributed by atoms with E-state index in [9.17, 15) is 19.5 Å². The quantitative estimate of drug-likeness (QED) is 0.459. The molecule has 0 saturated heterocycles. The predicted octanol–water partition coefficient (Wildman–Crippen LogP) is -0.483. The molecular formula is C11H18N2O6. The average Bonchev–Trinajstić information content (AvgIpc) is 2.30. The third-order valence-corrected chi connectivity index (χ3v) is 3.03. The molecular weight excluding hydrogens is 256 g/mol. The third kappa shape index (κ3) is 5.12. The Morgan fingerprint density at radius 2 is 1.79 bits per heavy atom. The summed E-state index contributed by atoms with van der Waals surface area (Å²) < 4.78 is 0. The lowest BCUT2D eigenvalue weighted by molar-refractivity contribution is -0.145. The van der Waals surface area contributed by atoms with Gasteiger partial charge in [-0.3, -0.25) is 4.79 Å². The SMILES string of the molecule is O=C(O)CC(NC(=O)NC1CCCCC1O)C(=O)O. The van der Waals surface area contributed by atoms with Crippen molar-refractivity contribution in [2.45, 2.75) is 50.3 Å². The Balaban J connectivity index is 2.47. The number of aliphatic carboxylic acids is 2. The van der Waals surface area contributed by atoms with Gasteiger partial charge >= 0.3 is 18.0 Å². The van der Waals surface area contributed by atoms with E-state index in [0.29, 0.717) is 12.8 Å². The summed E-state index contributed by atoms with van der Waals surface area (Å²) in [5.41, 5.74) is 0. The molecule has 1 fully saturated rings. The largest absolute Gasteiger partial charge is 0.481 e. The van der Waals surface area contributed by atoms with Crippen LogP contribution in [0.5, 0.6) is 0 Å². The summed E-state index contributed by atoms with van der Waals surface area (Å²) in [5.74, 6) is -2.73. The average molecular weight is 274 g/mol. The van der Waals surface area contributed by atoms with Gasteiger partial charge in [0.05, 0.1) is 18.6 Å². The Kier molecular flexibility index (Phi) is 5.56. The minimum Gasteiger partial charge on any atom is -0.481 e. The molecule has 0 aliphatic heterocycles. The van der Waals surface area contributed by atoms with E-state index >= 15 is 0 Å². The molecule has 108 valence electrons. The van der Waals surface area contributed by atoms with Crippen LogP contribution in [-0.2, 0) is 9.59 Å². The molecule has 1 saturated carbocycles. The Bertz CT molecular complexity index is 359. The fourth-order valence-corrected chi connectivity index (χ4v) is 2.02. The van der Waals surface area contributed by atoms with Crippen LogP contribution in [0, 0.1) is 0 Å². The van der Waals surface area contributed by atoms with Gasteiger partial charge in [0.1, 0.15) is 6.04 Å². The zero-order valence-corrected chi connectivity index (χ0v) is 10.3. The first kappa shape index (κ1) is 15.2. The minimum absolute atomic E-state index is 0.423. The van der Waals surface area contributed by atoms with Crippen molar-refractivity contribution in [2.24, 2.45) is 0 Å². The van der Waals surface area contributed by atoms with E-state index in [-0.39, 0.29) is 0 Å².